The number of nitrogens with one attached hydrogen (secondary N) is 1. The lowest BCUT2D eigenvalue weighted by Gasteiger charge is -2.26. The van der Waals surface area contributed by atoms with E-state index >= 15 is 0 Å². The summed E-state index contributed by atoms with van der Waals surface area (Å²) in [5.74, 6) is -0.556. The zero-order valence-corrected chi connectivity index (χ0v) is 19.6. The Morgan fingerprint density at radius 3 is 2.65 bits per heavy atom. The molecule has 0 spiro atoms. The molecule has 0 fully saturated rings. The number of aryl methyl sites for hydroxylation is 3. The number of nitrogens with zero attached hydrogens (tertiary/aromatic N) is 4. The summed E-state index contributed by atoms with van der Waals surface area (Å²) < 4.78 is 13.1. The Morgan fingerprint density at radius 1 is 1.12 bits per heavy atom. The number of rotatable bonds is 7. The van der Waals surface area contributed by atoms with Crippen LogP contribution in [-0.4, -0.2) is 46.2 Å². The number of hydrazone groups is 1. The van der Waals surface area contributed by atoms with Gasteiger partial charge < -0.3 is 4.90 Å². The molecule has 0 saturated carbocycles. The number of hydrogen-bond acceptors (Lipinski definition) is 4. The van der Waals surface area contributed by atoms with Gasteiger partial charge in [0.25, 0.3) is 5.91 Å². The molecule has 2 aromatic carbocycles. The maximum atomic E-state index is 13.1. The van der Waals surface area contributed by atoms with Crippen molar-refractivity contribution in [1.82, 2.24) is 15.1 Å². The van der Waals surface area contributed by atoms with Gasteiger partial charge in [-0.25, -0.2) is 9.40 Å². The van der Waals surface area contributed by atoms with E-state index in [1.165, 1.54) is 17.1 Å². The average Bonchev–Trinajstić information content (AvgIpc) is 3.30. The number of aromatic amines is 1. The van der Waals surface area contributed by atoms with Gasteiger partial charge in [-0.05, 0) is 74.2 Å². The number of anilines is 1. The van der Waals surface area contributed by atoms with E-state index < -0.39 is 0 Å². The summed E-state index contributed by atoms with van der Waals surface area (Å²) in [5, 5.41) is 13.1. The number of aromatic nitrogens is 2. The SMILES string of the molecule is Cc1ccc(C)c(N2N=C(C(=O)N(C)CCCc3cc(-c4ccc(F)cc4)n[nH]3)CCC2=O)c1. The smallest absolute Gasteiger partial charge is 0.269 e. The van der Waals surface area contributed by atoms with E-state index in [2.05, 4.69) is 15.3 Å². The number of carbonyl (C=O) groups is 2. The highest BCUT2D eigenvalue weighted by atomic mass is 19.1. The first kappa shape index (κ1) is 23.4. The van der Waals surface area contributed by atoms with E-state index in [0.717, 1.165) is 34.5 Å². The molecule has 2 amide bonds. The maximum absolute atomic E-state index is 13.1. The molecule has 1 N–H and O–H groups in total. The predicted octanol–water partition coefficient (Wildman–Crippen LogP) is 4.41. The largest absolute Gasteiger partial charge is 0.341 e. The second kappa shape index (κ2) is 9.99. The van der Waals surface area contributed by atoms with E-state index in [-0.39, 0.29) is 24.1 Å². The Labute approximate surface area is 198 Å². The number of halogens is 1. The van der Waals surface area contributed by atoms with Gasteiger partial charge in [0, 0.05) is 37.7 Å². The highest BCUT2D eigenvalue weighted by Crippen LogP contribution is 2.26. The van der Waals surface area contributed by atoms with Crippen molar-refractivity contribution in [2.45, 2.75) is 39.5 Å². The Balaban J connectivity index is 1.36. The zero-order chi connectivity index (χ0) is 24.2. The summed E-state index contributed by atoms with van der Waals surface area (Å²) in [7, 11) is 1.75. The lowest BCUT2D eigenvalue weighted by Crippen LogP contribution is -2.40. The Morgan fingerprint density at radius 2 is 1.88 bits per heavy atom. The van der Waals surface area contributed by atoms with Crippen LogP contribution in [0.15, 0.2) is 53.6 Å². The first-order valence-corrected chi connectivity index (χ1v) is 11.3. The molecule has 4 rings (SSSR count). The van der Waals surface area contributed by atoms with Crippen molar-refractivity contribution >= 4 is 23.2 Å². The van der Waals surface area contributed by atoms with E-state index in [1.54, 1.807) is 24.1 Å². The van der Waals surface area contributed by atoms with Crippen LogP contribution < -0.4 is 5.01 Å². The van der Waals surface area contributed by atoms with Crippen molar-refractivity contribution in [1.29, 1.82) is 0 Å². The molecule has 34 heavy (non-hydrogen) atoms. The van der Waals surface area contributed by atoms with Gasteiger partial charge in [0.15, 0.2) is 0 Å². The van der Waals surface area contributed by atoms with Crippen LogP contribution in [0.1, 0.15) is 36.1 Å². The normalized spacial score (nSPS) is 13.7. The molecule has 2 heterocycles. The van der Waals surface area contributed by atoms with Crippen LogP contribution in [0.25, 0.3) is 11.3 Å². The molecule has 176 valence electrons. The highest BCUT2D eigenvalue weighted by molar-refractivity contribution is 6.40. The van der Waals surface area contributed by atoms with Crippen molar-refractivity contribution in [2.24, 2.45) is 5.10 Å². The molecule has 0 radical (unpaired) electrons. The molecule has 1 aliphatic heterocycles. The third-order valence-electron chi connectivity index (χ3n) is 5.93. The third-order valence-corrected chi connectivity index (χ3v) is 5.93. The summed E-state index contributed by atoms with van der Waals surface area (Å²) >= 11 is 0. The van der Waals surface area contributed by atoms with Crippen LogP contribution in [0.3, 0.4) is 0 Å². The van der Waals surface area contributed by atoms with Gasteiger partial charge in [0.2, 0.25) is 5.91 Å². The van der Waals surface area contributed by atoms with Gasteiger partial charge in [-0.3, -0.25) is 14.7 Å². The van der Waals surface area contributed by atoms with Gasteiger partial charge in [0.1, 0.15) is 11.5 Å². The monoisotopic (exact) mass is 461 g/mol. The molecule has 1 aromatic heterocycles. The first-order chi connectivity index (χ1) is 16.3. The van der Waals surface area contributed by atoms with Crippen LogP contribution in [0.5, 0.6) is 0 Å². The van der Waals surface area contributed by atoms with Crippen molar-refractivity contribution in [3.63, 3.8) is 0 Å². The molecule has 0 unspecified atom stereocenters. The summed E-state index contributed by atoms with van der Waals surface area (Å²) in [6, 6.07) is 14.0. The Bertz CT molecular complexity index is 1230. The van der Waals surface area contributed by atoms with Gasteiger partial charge >= 0.3 is 0 Å². The minimum Gasteiger partial charge on any atom is -0.341 e. The molecule has 7 nitrogen and oxygen atoms in total. The second-order valence-corrected chi connectivity index (χ2v) is 8.66. The molecule has 0 saturated heterocycles. The minimum absolute atomic E-state index is 0.107. The fourth-order valence-corrected chi connectivity index (χ4v) is 3.93. The number of amides is 2. The molecule has 8 heteroatoms. The molecule has 0 atom stereocenters. The fourth-order valence-electron chi connectivity index (χ4n) is 3.93. The Kier molecular flexibility index (Phi) is 6.86. The maximum Gasteiger partial charge on any atom is 0.269 e. The molecule has 1 aliphatic rings. The Hall–Kier alpha value is -3.81. The standard InChI is InChI=1S/C26H28FN5O2/c1-17-6-7-18(2)24(15-17)32-25(33)13-12-22(30-32)26(34)31(3)14-4-5-21-16-23(29-28-21)19-8-10-20(27)11-9-19/h6-11,15-16H,4-5,12-14H2,1-3H3,(H,28,29). The van der Waals surface area contributed by atoms with Gasteiger partial charge in [-0.1, -0.05) is 12.1 Å². The van der Waals surface area contributed by atoms with E-state index in [9.17, 15) is 14.0 Å². The zero-order valence-electron chi connectivity index (χ0n) is 19.6. The van der Waals surface area contributed by atoms with Gasteiger partial charge in [-0.15, -0.1) is 0 Å². The van der Waals surface area contributed by atoms with Crippen LogP contribution in [-0.2, 0) is 16.0 Å². The topological polar surface area (TPSA) is 81.7 Å². The number of hydrogen-bond donors (Lipinski definition) is 1. The quantitative estimate of drug-likeness (QED) is 0.566. The van der Waals surface area contributed by atoms with Crippen molar-refractivity contribution in [3.05, 3.63) is 71.2 Å². The molecular formula is C26H28FN5O2. The lowest BCUT2D eigenvalue weighted by molar-refractivity contribution is -0.123. The van der Waals surface area contributed by atoms with Crippen molar-refractivity contribution < 1.29 is 14.0 Å². The number of carbonyl (C=O) groups excluding carboxylic acids is 2. The van der Waals surface area contributed by atoms with Crippen molar-refractivity contribution in [3.8, 4) is 11.3 Å². The molecule has 3 aromatic rings. The first-order valence-electron chi connectivity index (χ1n) is 11.3. The minimum atomic E-state index is -0.281. The van der Waals surface area contributed by atoms with Crippen LogP contribution in [0.2, 0.25) is 0 Å². The molecular weight excluding hydrogens is 433 g/mol. The van der Waals surface area contributed by atoms with E-state index in [0.29, 0.717) is 30.8 Å². The van der Waals surface area contributed by atoms with Crippen LogP contribution >= 0.6 is 0 Å². The van der Waals surface area contributed by atoms with Gasteiger partial charge in [-0.2, -0.15) is 10.2 Å². The predicted molar refractivity (Wildman–Crippen MR) is 130 cm³/mol. The summed E-state index contributed by atoms with van der Waals surface area (Å²) in [6.07, 6.45) is 2.04. The molecule has 0 bridgehead atoms. The summed E-state index contributed by atoms with van der Waals surface area (Å²) in [4.78, 5) is 27.2. The van der Waals surface area contributed by atoms with Gasteiger partial charge in [0.05, 0.1) is 11.4 Å². The fraction of sp³-hybridized carbons (Fsp3) is 0.308. The van der Waals surface area contributed by atoms with E-state index in [4.69, 9.17) is 0 Å². The van der Waals surface area contributed by atoms with Crippen LogP contribution in [0.4, 0.5) is 10.1 Å². The molecule has 0 aliphatic carbocycles. The third kappa shape index (κ3) is 5.22. The average molecular weight is 462 g/mol. The number of benzene rings is 2. The summed E-state index contributed by atoms with van der Waals surface area (Å²) in [6.45, 7) is 4.43. The van der Waals surface area contributed by atoms with Crippen molar-refractivity contribution in [2.75, 3.05) is 18.6 Å². The highest BCUT2D eigenvalue weighted by Gasteiger charge is 2.28. The number of H-pyrrole nitrogens is 1. The van der Waals surface area contributed by atoms with E-state index in [1.807, 2.05) is 38.1 Å². The lowest BCUT2D eigenvalue weighted by atomic mass is 10.1. The summed E-state index contributed by atoms with van der Waals surface area (Å²) in [5.41, 5.74) is 5.62. The van der Waals surface area contributed by atoms with Crippen LogP contribution in [0, 0.1) is 19.7 Å². The second-order valence-electron chi connectivity index (χ2n) is 8.66.